The Labute approximate surface area is 133 Å². The van der Waals surface area contributed by atoms with E-state index in [0.29, 0.717) is 11.7 Å². The van der Waals surface area contributed by atoms with Gasteiger partial charge in [-0.25, -0.2) is 0 Å². The molecule has 2 atom stereocenters. The van der Waals surface area contributed by atoms with Crippen molar-refractivity contribution in [2.45, 2.75) is 58.8 Å². The molecule has 1 rings (SSSR count). The molecule has 0 spiro atoms. The highest BCUT2D eigenvalue weighted by Crippen LogP contribution is 2.21. The van der Waals surface area contributed by atoms with Crippen LogP contribution in [0.4, 0.5) is 0 Å². The molecule has 0 aliphatic heterocycles. The van der Waals surface area contributed by atoms with Crippen molar-refractivity contribution in [2.24, 2.45) is 5.92 Å². The molecule has 0 aromatic heterocycles. The molecule has 0 saturated carbocycles. The second-order valence-electron chi connectivity index (χ2n) is 7.07. The Morgan fingerprint density at radius 3 is 2.14 bits per heavy atom. The average molecular weight is 310 g/mol. The molecule has 0 saturated heterocycles. The topological polar surface area (TPSA) is 29.1 Å². The van der Waals surface area contributed by atoms with E-state index in [2.05, 4.69) is 50.4 Å². The van der Waals surface area contributed by atoms with Crippen molar-refractivity contribution >= 4 is 10.8 Å². The second kappa shape index (κ2) is 8.09. The summed E-state index contributed by atoms with van der Waals surface area (Å²) in [5, 5.41) is 3.47. The highest BCUT2D eigenvalue weighted by molar-refractivity contribution is 7.86. The first-order chi connectivity index (χ1) is 9.74. The Morgan fingerprint density at radius 2 is 1.71 bits per heavy atom. The smallest absolute Gasteiger partial charge is 0.0436 e. The molecule has 1 aromatic carbocycles. The fraction of sp³-hybridized carbons (Fsp3) is 0.667. The van der Waals surface area contributed by atoms with Crippen LogP contribution in [0.25, 0.3) is 0 Å². The fourth-order valence-electron chi connectivity index (χ4n) is 2.28. The third kappa shape index (κ3) is 6.31. The molecule has 0 fully saturated rings. The minimum Gasteiger partial charge on any atom is -0.309 e. The van der Waals surface area contributed by atoms with E-state index in [1.165, 1.54) is 11.1 Å². The summed E-state index contributed by atoms with van der Waals surface area (Å²) in [6.07, 6.45) is 1.11. The van der Waals surface area contributed by atoms with E-state index in [1.807, 2.05) is 20.8 Å². The number of hydrogen-bond acceptors (Lipinski definition) is 2. The van der Waals surface area contributed by atoms with E-state index in [9.17, 15) is 4.21 Å². The van der Waals surface area contributed by atoms with Crippen LogP contribution < -0.4 is 5.32 Å². The van der Waals surface area contributed by atoms with Crippen LogP contribution in [0, 0.1) is 5.92 Å². The molecule has 0 amide bonds. The van der Waals surface area contributed by atoms with Crippen molar-refractivity contribution in [2.75, 3.05) is 12.3 Å². The van der Waals surface area contributed by atoms with Gasteiger partial charge in [-0.15, -0.1) is 0 Å². The molecule has 0 bridgehead atoms. The van der Waals surface area contributed by atoms with Crippen LogP contribution in [-0.2, 0) is 17.2 Å². The minimum atomic E-state index is -0.846. The first-order valence-electron chi connectivity index (χ1n) is 7.94. The van der Waals surface area contributed by atoms with E-state index in [1.54, 1.807) is 0 Å². The molecule has 120 valence electrons. The molecule has 0 aliphatic rings. The Morgan fingerprint density at radius 1 is 1.14 bits per heavy atom. The zero-order valence-electron chi connectivity index (χ0n) is 14.4. The summed E-state index contributed by atoms with van der Waals surface area (Å²) in [5.74, 6) is 1.34. The molecule has 3 heteroatoms. The molecule has 1 N–H and O–H groups in total. The SMILES string of the molecule is CCNC(CS(=O)C(C)(C)C)c1ccc(CC(C)C)cc1. The first kappa shape index (κ1) is 18.4. The molecule has 2 unspecified atom stereocenters. The first-order valence-corrected chi connectivity index (χ1v) is 9.26. The Balaban J connectivity index is 2.83. The Kier molecular flexibility index (Phi) is 7.08. The lowest BCUT2D eigenvalue weighted by Gasteiger charge is -2.24. The highest BCUT2D eigenvalue weighted by atomic mass is 32.2. The van der Waals surface area contributed by atoms with Crippen molar-refractivity contribution in [3.63, 3.8) is 0 Å². The fourth-order valence-corrected chi connectivity index (χ4v) is 3.39. The predicted molar refractivity (Wildman–Crippen MR) is 94.2 cm³/mol. The van der Waals surface area contributed by atoms with Crippen LogP contribution in [0.3, 0.4) is 0 Å². The van der Waals surface area contributed by atoms with Crippen LogP contribution in [-0.4, -0.2) is 21.3 Å². The normalized spacial score (nSPS) is 15.2. The quantitative estimate of drug-likeness (QED) is 0.822. The lowest BCUT2D eigenvalue weighted by atomic mass is 10.00. The number of nitrogens with one attached hydrogen (secondary N) is 1. The van der Waals surface area contributed by atoms with Gasteiger partial charge in [0.25, 0.3) is 0 Å². The summed E-state index contributed by atoms with van der Waals surface area (Å²) >= 11 is 0. The van der Waals surface area contributed by atoms with Crippen LogP contribution in [0.1, 0.15) is 58.7 Å². The molecule has 0 heterocycles. The summed E-state index contributed by atoms with van der Waals surface area (Å²) in [7, 11) is -0.846. The summed E-state index contributed by atoms with van der Waals surface area (Å²) in [4.78, 5) is 0. The van der Waals surface area contributed by atoms with Crippen LogP contribution >= 0.6 is 0 Å². The Bertz CT molecular complexity index is 445. The van der Waals surface area contributed by atoms with Crippen molar-refractivity contribution in [1.82, 2.24) is 5.32 Å². The monoisotopic (exact) mass is 309 g/mol. The van der Waals surface area contributed by atoms with Gasteiger partial charge in [-0.05, 0) is 50.8 Å². The molecular weight excluding hydrogens is 278 g/mol. The maximum Gasteiger partial charge on any atom is 0.0436 e. The highest BCUT2D eigenvalue weighted by Gasteiger charge is 2.23. The minimum absolute atomic E-state index is 0.161. The molecular formula is C18H31NOS. The maximum atomic E-state index is 12.4. The van der Waals surface area contributed by atoms with Gasteiger partial charge < -0.3 is 5.32 Å². The number of rotatable bonds is 7. The molecule has 0 radical (unpaired) electrons. The average Bonchev–Trinajstić information content (AvgIpc) is 2.37. The largest absolute Gasteiger partial charge is 0.309 e. The maximum absolute atomic E-state index is 12.4. The van der Waals surface area contributed by atoms with Crippen molar-refractivity contribution < 1.29 is 4.21 Å². The second-order valence-corrected chi connectivity index (χ2v) is 9.32. The van der Waals surface area contributed by atoms with Gasteiger partial charge in [-0.1, -0.05) is 45.0 Å². The van der Waals surface area contributed by atoms with Crippen LogP contribution in [0.15, 0.2) is 24.3 Å². The van der Waals surface area contributed by atoms with Gasteiger partial charge in [0.2, 0.25) is 0 Å². The van der Waals surface area contributed by atoms with Crippen LogP contribution in [0.5, 0.6) is 0 Å². The van der Waals surface area contributed by atoms with Gasteiger partial charge in [0.05, 0.1) is 0 Å². The van der Waals surface area contributed by atoms with E-state index < -0.39 is 10.8 Å². The number of benzene rings is 1. The lowest BCUT2D eigenvalue weighted by molar-refractivity contribution is 0.583. The zero-order valence-corrected chi connectivity index (χ0v) is 15.2. The predicted octanol–water partition coefficient (Wildman–Crippen LogP) is 4.08. The van der Waals surface area contributed by atoms with Gasteiger partial charge in [0.15, 0.2) is 0 Å². The van der Waals surface area contributed by atoms with E-state index in [0.717, 1.165) is 13.0 Å². The third-order valence-corrected chi connectivity index (χ3v) is 5.48. The van der Waals surface area contributed by atoms with E-state index in [-0.39, 0.29) is 10.8 Å². The summed E-state index contributed by atoms with van der Waals surface area (Å²) in [6, 6.07) is 8.96. The standard InChI is InChI=1S/C18H31NOS/c1-7-19-17(13-21(20)18(4,5)6)16-10-8-15(9-11-16)12-14(2)3/h8-11,14,17,19H,7,12-13H2,1-6H3. The summed E-state index contributed by atoms with van der Waals surface area (Å²) in [6.45, 7) is 13.6. The van der Waals surface area contributed by atoms with Crippen LogP contribution in [0.2, 0.25) is 0 Å². The molecule has 1 aromatic rings. The number of hydrogen-bond donors (Lipinski definition) is 1. The molecule has 0 aliphatic carbocycles. The Hall–Kier alpha value is -0.670. The van der Waals surface area contributed by atoms with Gasteiger partial charge in [-0.2, -0.15) is 0 Å². The summed E-state index contributed by atoms with van der Waals surface area (Å²) in [5.41, 5.74) is 2.61. The van der Waals surface area contributed by atoms with E-state index >= 15 is 0 Å². The van der Waals surface area contributed by atoms with E-state index in [4.69, 9.17) is 0 Å². The lowest BCUT2D eigenvalue weighted by Crippen LogP contribution is -2.32. The van der Waals surface area contributed by atoms with Gasteiger partial charge in [0, 0.05) is 27.3 Å². The van der Waals surface area contributed by atoms with Crippen molar-refractivity contribution in [3.05, 3.63) is 35.4 Å². The van der Waals surface area contributed by atoms with Gasteiger partial charge in [0.1, 0.15) is 0 Å². The summed E-state index contributed by atoms with van der Waals surface area (Å²) < 4.78 is 12.2. The third-order valence-electron chi connectivity index (χ3n) is 3.48. The molecule has 2 nitrogen and oxygen atoms in total. The van der Waals surface area contributed by atoms with Crippen molar-refractivity contribution in [1.29, 1.82) is 0 Å². The van der Waals surface area contributed by atoms with Crippen molar-refractivity contribution in [3.8, 4) is 0 Å². The zero-order chi connectivity index (χ0) is 16.0. The molecule has 21 heavy (non-hydrogen) atoms. The van der Waals surface area contributed by atoms with Gasteiger partial charge in [-0.3, -0.25) is 4.21 Å². The van der Waals surface area contributed by atoms with Gasteiger partial charge >= 0.3 is 0 Å².